The molecular weight excluding hydrogens is 332 g/mol. The van der Waals surface area contributed by atoms with Crippen molar-refractivity contribution >= 4 is 17.5 Å². The van der Waals surface area contributed by atoms with Crippen molar-refractivity contribution in [1.82, 2.24) is 0 Å². The standard InChI is InChI=1S/C20H24N2O4/c1-4-5-13-25-19-14-16(11-12-18(19)24-3)15(2)22-26-20(23)21-17-9-7-6-8-10-17/h6-12,14H,4-5,13H2,1-3H3,(H,21,23). The SMILES string of the molecule is CCCCOc1cc(C(C)=NOC(=O)Nc2ccccc2)ccc1OC. The van der Waals surface area contributed by atoms with Crippen LogP contribution in [0.15, 0.2) is 53.7 Å². The van der Waals surface area contributed by atoms with Gasteiger partial charge in [0.1, 0.15) is 0 Å². The van der Waals surface area contributed by atoms with E-state index in [9.17, 15) is 4.79 Å². The van der Waals surface area contributed by atoms with Gasteiger partial charge in [0, 0.05) is 11.3 Å². The maximum atomic E-state index is 11.8. The summed E-state index contributed by atoms with van der Waals surface area (Å²) in [6.07, 6.45) is 1.36. The molecule has 1 amide bonds. The molecule has 2 aromatic rings. The number of unbranched alkanes of at least 4 members (excludes halogenated alkanes) is 1. The number of nitrogens with one attached hydrogen (secondary N) is 1. The number of carbonyl (C=O) groups excluding carboxylic acids is 1. The van der Waals surface area contributed by atoms with Crippen LogP contribution in [0, 0.1) is 0 Å². The molecular formula is C20H24N2O4. The van der Waals surface area contributed by atoms with E-state index in [-0.39, 0.29) is 0 Å². The number of amides is 1. The van der Waals surface area contributed by atoms with Crippen molar-refractivity contribution < 1.29 is 19.1 Å². The molecule has 0 aromatic heterocycles. The van der Waals surface area contributed by atoms with Gasteiger partial charge in [0.2, 0.25) is 0 Å². The maximum absolute atomic E-state index is 11.8. The van der Waals surface area contributed by atoms with Gasteiger partial charge in [-0.05, 0) is 43.7 Å². The molecule has 0 bridgehead atoms. The lowest BCUT2D eigenvalue weighted by atomic mass is 10.1. The first kappa shape index (κ1) is 19.3. The summed E-state index contributed by atoms with van der Waals surface area (Å²) >= 11 is 0. The van der Waals surface area contributed by atoms with Gasteiger partial charge in [-0.1, -0.05) is 36.7 Å². The number of para-hydroxylation sites is 1. The van der Waals surface area contributed by atoms with Crippen LogP contribution < -0.4 is 14.8 Å². The average Bonchev–Trinajstić information content (AvgIpc) is 2.67. The van der Waals surface area contributed by atoms with Crippen molar-refractivity contribution in [3.63, 3.8) is 0 Å². The Labute approximate surface area is 153 Å². The maximum Gasteiger partial charge on any atom is 0.437 e. The molecule has 0 fully saturated rings. The highest BCUT2D eigenvalue weighted by atomic mass is 16.7. The number of hydrogen-bond acceptors (Lipinski definition) is 5. The summed E-state index contributed by atoms with van der Waals surface area (Å²) in [7, 11) is 1.60. The molecule has 0 radical (unpaired) electrons. The quantitative estimate of drug-likeness (QED) is 0.318. The average molecular weight is 356 g/mol. The van der Waals surface area contributed by atoms with Crippen LogP contribution in [0.4, 0.5) is 10.5 Å². The Kier molecular flexibility index (Phi) is 7.49. The first-order valence-corrected chi connectivity index (χ1v) is 8.53. The van der Waals surface area contributed by atoms with Crippen LogP contribution in [0.1, 0.15) is 32.3 Å². The zero-order valence-corrected chi connectivity index (χ0v) is 15.3. The number of methoxy groups -OCH3 is 1. The summed E-state index contributed by atoms with van der Waals surface area (Å²) in [6, 6.07) is 14.5. The third-order valence-electron chi connectivity index (χ3n) is 3.62. The number of nitrogens with zero attached hydrogens (tertiary/aromatic N) is 1. The van der Waals surface area contributed by atoms with Gasteiger partial charge in [0.15, 0.2) is 11.5 Å². The van der Waals surface area contributed by atoms with Crippen molar-refractivity contribution in [2.24, 2.45) is 5.16 Å². The predicted molar refractivity (Wildman–Crippen MR) is 102 cm³/mol. The van der Waals surface area contributed by atoms with Gasteiger partial charge < -0.3 is 9.47 Å². The Morgan fingerprint density at radius 1 is 1.12 bits per heavy atom. The largest absolute Gasteiger partial charge is 0.493 e. The number of ether oxygens (including phenoxy) is 2. The van der Waals surface area contributed by atoms with E-state index in [0.717, 1.165) is 18.4 Å². The highest BCUT2D eigenvalue weighted by Gasteiger charge is 2.09. The highest BCUT2D eigenvalue weighted by molar-refractivity contribution is 5.99. The number of hydrogen-bond donors (Lipinski definition) is 1. The topological polar surface area (TPSA) is 69.2 Å². The van der Waals surface area contributed by atoms with E-state index in [4.69, 9.17) is 14.3 Å². The van der Waals surface area contributed by atoms with E-state index in [1.54, 1.807) is 32.2 Å². The minimum Gasteiger partial charge on any atom is -0.493 e. The van der Waals surface area contributed by atoms with Crippen LogP contribution >= 0.6 is 0 Å². The monoisotopic (exact) mass is 356 g/mol. The molecule has 6 heteroatoms. The number of anilines is 1. The van der Waals surface area contributed by atoms with Crippen LogP contribution in [0.25, 0.3) is 0 Å². The van der Waals surface area contributed by atoms with E-state index in [1.807, 2.05) is 30.3 Å². The highest BCUT2D eigenvalue weighted by Crippen LogP contribution is 2.28. The third-order valence-corrected chi connectivity index (χ3v) is 3.62. The molecule has 0 unspecified atom stereocenters. The van der Waals surface area contributed by atoms with Gasteiger partial charge in [-0.2, -0.15) is 0 Å². The lowest BCUT2D eigenvalue weighted by Gasteiger charge is -2.12. The Morgan fingerprint density at radius 3 is 2.58 bits per heavy atom. The van der Waals surface area contributed by atoms with Gasteiger partial charge >= 0.3 is 6.09 Å². The predicted octanol–water partition coefficient (Wildman–Crippen LogP) is 4.85. The number of carbonyl (C=O) groups is 1. The summed E-state index contributed by atoms with van der Waals surface area (Å²) in [5, 5.41) is 6.49. The second-order valence-corrected chi connectivity index (χ2v) is 5.61. The number of oxime groups is 1. The Bertz CT molecular complexity index is 745. The van der Waals surface area contributed by atoms with E-state index >= 15 is 0 Å². The van der Waals surface area contributed by atoms with Gasteiger partial charge in [-0.15, -0.1) is 0 Å². The molecule has 1 N–H and O–H groups in total. The minimum absolute atomic E-state index is 0.552. The fraction of sp³-hybridized carbons (Fsp3) is 0.300. The van der Waals surface area contributed by atoms with Gasteiger partial charge in [-0.25, -0.2) is 4.79 Å². The smallest absolute Gasteiger partial charge is 0.437 e. The van der Waals surface area contributed by atoms with E-state index in [2.05, 4.69) is 17.4 Å². The van der Waals surface area contributed by atoms with Gasteiger partial charge in [0.25, 0.3) is 0 Å². The summed E-state index contributed by atoms with van der Waals surface area (Å²) in [4.78, 5) is 16.7. The molecule has 0 aliphatic carbocycles. The first-order chi connectivity index (χ1) is 12.6. The molecule has 26 heavy (non-hydrogen) atoms. The second kappa shape index (κ2) is 10.1. The minimum atomic E-state index is -0.650. The molecule has 0 saturated carbocycles. The molecule has 0 spiro atoms. The molecule has 138 valence electrons. The van der Waals surface area contributed by atoms with E-state index in [0.29, 0.717) is 29.5 Å². The number of rotatable bonds is 8. The van der Waals surface area contributed by atoms with E-state index in [1.165, 1.54) is 0 Å². The van der Waals surface area contributed by atoms with Crippen LogP contribution in [-0.4, -0.2) is 25.5 Å². The number of benzene rings is 2. The van der Waals surface area contributed by atoms with Gasteiger partial charge in [-0.3, -0.25) is 10.2 Å². The molecule has 0 heterocycles. The van der Waals surface area contributed by atoms with Crippen molar-refractivity contribution in [1.29, 1.82) is 0 Å². The van der Waals surface area contributed by atoms with Crippen LogP contribution in [0.3, 0.4) is 0 Å². The molecule has 6 nitrogen and oxygen atoms in total. The summed E-state index contributed by atoms with van der Waals surface area (Å²) in [6.45, 7) is 4.47. The third kappa shape index (κ3) is 5.81. The Balaban J connectivity index is 2.02. The lowest BCUT2D eigenvalue weighted by molar-refractivity contribution is 0.166. The normalized spacial score (nSPS) is 11.0. The molecule has 0 saturated heterocycles. The Morgan fingerprint density at radius 2 is 1.88 bits per heavy atom. The van der Waals surface area contributed by atoms with Crippen LogP contribution in [0.2, 0.25) is 0 Å². The Hall–Kier alpha value is -3.02. The molecule has 0 aliphatic heterocycles. The van der Waals surface area contributed by atoms with Crippen LogP contribution in [-0.2, 0) is 4.84 Å². The zero-order valence-electron chi connectivity index (χ0n) is 15.3. The molecule has 0 atom stereocenters. The molecule has 0 aliphatic rings. The molecule has 2 rings (SSSR count). The van der Waals surface area contributed by atoms with Gasteiger partial charge in [0.05, 0.1) is 19.4 Å². The fourth-order valence-electron chi connectivity index (χ4n) is 2.17. The summed E-state index contributed by atoms with van der Waals surface area (Å²) in [5.74, 6) is 1.29. The van der Waals surface area contributed by atoms with E-state index < -0.39 is 6.09 Å². The van der Waals surface area contributed by atoms with Crippen molar-refractivity contribution in [2.45, 2.75) is 26.7 Å². The van der Waals surface area contributed by atoms with Crippen molar-refractivity contribution in [2.75, 3.05) is 19.0 Å². The molecule has 2 aromatic carbocycles. The van der Waals surface area contributed by atoms with Crippen LogP contribution in [0.5, 0.6) is 11.5 Å². The summed E-state index contributed by atoms with van der Waals surface area (Å²) in [5.41, 5.74) is 1.97. The van der Waals surface area contributed by atoms with Crippen molar-refractivity contribution in [3.05, 3.63) is 54.1 Å². The second-order valence-electron chi connectivity index (χ2n) is 5.61. The van der Waals surface area contributed by atoms with Crippen molar-refractivity contribution in [3.8, 4) is 11.5 Å². The lowest BCUT2D eigenvalue weighted by Crippen LogP contribution is -2.11. The fourth-order valence-corrected chi connectivity index (χ4v) is 2.17. The zero-order chi connectivity index (χ0) is 18.8. The summed E-state index contributed by atoms with van der Waals surface area (Å²) < 4.78 is 11.1. The first-order valence-electron chi connectivity index (χ1n) is 8.53.